The normalized spacial score (nSPS) is 13.3. The van der Waals surface area contributed by atoms with Gasteiger partial charge in [0.15, 0.2) is 0 Å². The zero-order valence-corrected chi connectivity index (χ0v) is 12.8. The van der Waals surface area contributed by atoms with Gasteiger partial charge in [0, 0.05) is 11.9 Å². The molecule has 0 saturated heterocycles. The average Bonchev–Trinajstić information content (AvgIpc) is 2.37. The second kappa shape index (κ2) is 7.69. The molecule has 1 rings (SSSR count). The van der Waals surface area contributed by atoms with Crippen LogP contribution in [0.2, 0.25) is 0 Å². The quantitative estimate of drug-likeness (QED) is 0.788. The van der Waals surface area contributed by atoms with Crippen LogP contribution >= 0.6 is 11.6 Å². The van der Waals surface area contributed by atoms with E-state index >= 15 is 0 Å². The molecule has 0 aliphatic rings. The summed E-state index contributed by atoms with van der Waals surface area (Å²) >= 11 is 5.69. The topological polar surface area (TPSA) is 29.1 Å². The van der Waals surface area contributed by atoms with E-state index in [4.69, 9.17) is 11.6 Å². The Hall–Kier alpha value is -1.23. The van der Waals surface area contributed by atoms with Gasteiger partial charge in [-0.1, -0.05) is 26.0 Å². The van der Waals surface area contributed by atoms with Gasteiger partial charge in [0.2, 0.25) is 5.91 Å². The lowest BCUT2D eigenvalue weighted by Gasteiger charge is -2.21. The molecule has 0 heterocycles. The van der Waals surface area contributed by atoms with Crippen LogP contribution in [0.25, 0.3) is 0 Å². The first-order valence-corrected chi connectivity index (χ1v) is 7.29. The number of hydrogen-bond acceptors (Lipinski definition) is 1. The molecule has 1 aromatic rings. The fourth-order valence-corrected chi connectivity index (χ4v) is 2.18. The third-order valence-corrected chi connectivity index (χ3v) is 3.44. The van der Waals surface area contributed by atoms with Gasteiger partial charge in [0.1, 0.15) is 0 Å². The summed E-state index contributed by atoms with van der Waals surface area (Å²) in [7, 11) is 0. The maximum atomic E-state index is 12.4. The van der Waals surface area contributed by atoms with E-state index in [0.29, 0.717) is 17.9 Å². The number of halogens is 4. The minimum absolute atomic E-state index is 0.0237. The highest BCUT2D eigenvalue weighted by Gasteiger charge is 2.30. The van der Waals surface area contributed by atoms with Gasteiger partial charge >= 0.3 is 6.18 Å². The molecule has 118 valence electrons. The van der Waals surface area contributed by atoms with Crippen LogP contribution in [0, 0.1) is 5.92 Å². The average molecular weight is 322 g/mol. The summed E-state index contributed by atoms with van der Waals surface area (Å²) in [6, 6.07) is 4.61. The SMILES string of the molecule is CC(C)C(CCCl)NC(=O)Cc1ccc(C(F)(F)F)cc1. The zero-order valence-electron chi connectivity index (χ0n) is 12.0. The Morgan fingerprint density at radius 1 is 1.24 bits per heavy atom. The summed E-state index contributed by atoms with van der Waals surface area (Å²) in [5.74, 6) is 0.488. The predicted molar refractivity (Wildman–Crippen MR) is 77.3 cm³/mol. The monoisotopic (exact) mass is 321 g/mol. The summed E-state index contributed by atoms with van der Waals surface area (Å²) in [5, 5.41) is 2.87. The molecule has 1 N–H and O–H groups in total. The standard InChI is InChI=1S/C15H19ClF3NO/c1-10(2)13(7-8-16)20-14(21)9-11-3-5-12(6-4-11)15(17,18)19/h3-6,10,13H,7-9H2,1-2H3,(H,20,21). The van der Waals surface area contributed by atoms with Gasteiger partial charge in [-0.3, -0.25) is 4.79 Å². The number of hydrogen-bond donors (Lipinski definition) is 1. The lowest BCUT2D eigenvalue weighted by atomic mass is 10.0. The van der Waals surface area contributed by atoms with Crippen LogP contribution < -0.4 is 5.32 Å². The Morgan fingerprint density at radius 3 is 2.24 bits per heavy atom. The fourth-order valence-electron chi connectivity index (χ4n) is 1.94. The van der Waals surface area contributed by atoms with Gasteiger partial charge in [-0.2, -0.15) is 13.2 Å². The van der Waals surface area contributed by atoms with Crippen molar-refractivity contribution in [2.75, 3.05) is 5.88 Å². The molecule has 1 amide bonds. The minimum Gasteiger partial charge on any atom is -0.353 e. The molecule has 2 nitrogen and oxygen atoms in total. The van der Waals surface area contributed by atoms with E-state index in [1.54, 1.807) is 0 Å². The Morgan fingerprint density at radius 2 is 1.81 bits per heavy atom. The first kappa shape index (κ1) is 17.8. The number of carbonyl (C=O) groups is 1. The summed E-state index contributed by atoms with van der Waals surface area (Å²) in [4.78, 5) is 11.9. The Kier molecular flexibility index (Phi) is 6.52. The molecule has 1 aromatic carbocycles. The molecule has 0 aliphatic heterocycles. The van der Waals surface area contributed by atoms with Crippen molar-refractivity contribution in [1.29, 1.82) is 0 Å². The van der Waals surface area contributed by atoms with Crippen molar-refractivity contribution in [1.82, 2.24) is 5.32 Å². The van der Waals surface area contributed by atoms with E-state index in [2.05, 4.69) is 5.32 Å². The van der Waals surface area contributed by atoms with Crippen LogP contribution in [0.3, 0.4) is 0 Å². The predicted octanol–water partition coefficient (Wildman–Crippen LogP) is 4.02. The van der Waals surface area contributed by atoms with Gasteiger partial charge in [-0.15, -0.1) is 11.6 Å². The number of rotatable bonds is 6. The molecule has 0 bridgehead atoms. The van der Waals surface area contributed by atoms with Crippen molar-refractivity contribution in [3.8, 4) is 0 Å². The highest BCUT2D eigenvalue weighted by Crippen LogP contribution is 2.29. The van der Waals surface area contributed by atoms with Crippen LogP contribution in [0.5, 0.6) is 0 Å². The van der Waals surface area contributed by atoms with E-state index in [9.17, 15) is 18.0 Å². The first-order valence-electron chi connectivity index (χ1n) is 6.75. The van der Waals surface area contributed by atoms with E-state index in [-0.39, 0.29) is 24.3 Å². The summed E-state index contributed by atoms with van der Waals surface area (Å²) in [6.45, 7) is 3.96. The van der Waals surface area contributed by atoms with Crippen molar-refractivity contribution >= 4 is 17.5 Å². The van der Waals surface area contributed by atoms with Crippen molar-refractivity contribution in [3.05, 3.63) is 35.4 Å². The molecule has 0 aliphatic carbocycles. The van der Waals surface area contributed by atoms with Crippen LogP contribution in [0.1, 0.15) is 31.4 Å². The van der Waals surface area contributed by atoms with Crippen molar-refractivity contribution in [2.24, 2.45) is 5.92 Å². The molecular formula is C15H19ClF3NO. The molecule has 1 unspecified atom stereocenters. The van der Waals surface area contributed by atoms with Crippen LogP contribution in [-0.2, 0) is 17.4 Å². The van der Waals surface area contributed by atoms with Gasteiger partial charge in [0.05, 0.1) is 12.0 Å². The number of alkyl halides is 4. The Balaban J connectivity index is 2.62. The molecule has 0 saturated carbocycles. The van der Waals surface area contributed by atoms with Crippen molar-refractivity contribution < 1.29 is 18.0 Å². The van der Waals surface area contributed by atoms with E-state index in [1.165, 1.54) is 12.1 Å². The number of carbonyl (C=O) groups excluding carboxylic acids is 1. The molecule has 0 spiro atoms. The fraction of sp³-hybridized carbons (Fsp3) is 0.533. The second-order valence-electron chi connectivity index (χ2n) is 5.27. The molecule has 1 atom stereocenters. The van der Waals surface area contributed by atoms with Crippen molar-refractivity contribution in [3.63, 3.8) is 0 Å². The number of nitrogens with one attached hydrogen (secondary N) is 1. The summed E-state index contributed by atoms with van der Waals surface area (Å²) in [5.41, 5.74) is -0.164. The van der Waals surface area contributed by atoms with E-state index < -0.39 is 11.7 Å². The highest BCUT2D eigenvalue weighted by molar-refractivity contribution is 6.17. The highest BCUT2D eigenvalue weighted by atomic mass is 35.5. The Bertz CT molecular complexity index is 457. The lowest BCUT2D eigenvalue weighted by molar-refractivity contribution is -0.137. The van der Waals surface area contributed by atoms with Gasteiger partial charge in [0.25, 0.3) is 0 Å². The molecule has 21 heavy (non-hydrogen) atoms. The van der Waals surface area contributed by atoms with Gasteiger partial charge in [-0.25, -0.2) is 0 Å². The van der Waals surface area contributed by atoms with E-state index in [0.717, 1.165) is 12.1 Å². The minimum atomic E-state index is -4.36. The first-order chi connectivity index (χ1) is 9.74. The molecule has 6 heteroatoms. The smallest absolute Gasteiger partial charge is 0.353 e. The maximum Gasteiger partial charge on any atom is 0.416 e. The third-order valence-electron chi connectivity index (χ3n) is 3.22. The molecule has 0 aromatic heterocycles. The van der Waals surface area contributed by atoms with Crippen LogP contribution in [0.4, 0.5) is 13.2 Å². The van der Waals surface area contributed by atoms with Gasteiger partial charge in [-0.05, 0) is 30.0 Å². The molecular weight excluding hydrogens is 303 g/mol. The number of benzene rings is 1. The van der Waals surface area contributed by atoms with Crippen LogP contribution in [0.15, 0.2) is 24.3 Å². The second-order valence-corrected chi connectivity index (χ2v) is 5.65. The van der Waals surface area contributed by atoms with Gasteiger partial charge < -0.3 is 5.32 Å². The third kappa shape index (κ3) is 5.96. The molecule has 0 radical (unpaired) electrons. The number of amides is 1. The summed E-state index contributed by atoms with van der Waals surface area (Å²) < 4.78 is 37.3. The largest absolute Gasteiger partial charge is 0.416 e. The zero-order chi connectivity index (χ0) is 16.0. The Labute approximate surface area is 127 Å². The van der Waals surface area contributed by atoms with Crippen molar-refractivity contribution in [2.45, 2.75) is 38.9 Å². The summed E-state index contributed by atoms with van der Waals surface area (Å²) in [6.07, 6.45) is -3.63. The molecule has 0 fully saturated rings. The lowest BCUT2D eigenvalue weighted by Crippen LogP contribution is -2.39. The van der Waals surface area contributed by atoms with E-state index in [1.807, 2.05) is 13.8 Å². The maximum absolute atomic E-state index is 12.4. The van der Waals surface area contributed by atoms with Crippen LogP contribution in [-0.4, -0.2) is 17.8 Å².